The number of likely N-dealkylation sites (tertiary alicyclic amines) is 2. The summed E-state index contributed by atoms with van der Waals surface area (Å²) in [6, 6.07) is 17.4. The van der Waals surface area contributed by atoms with Gasteiger partial charge in [-0.2, -0.15) is 0 Å². The van der Waals surface area contributed by atoms with Gasteiger partial charge < -0.3 is 10.0 Å². The number of hydrogen-bond donors (Lipinski definition) is 1. The SMILES string of the molecule is C[C@@H](CCc1ccccc1)C1CCN(C[C@H]2CN([C@@H](C(=O)O)C3CCCCC3)C[C@@H]2c2cccc(F)c2)CC1. The third kappa shape index (κ3) is 7.29. The molecule has 2 aliphatic heterocycles. The largest absolute Gasteiger partial charge is 0.480 e. The van der Waals surface area contributed by atoms with E-state index in [2.05, 4.69) is 47.1 Å². The van der Waals surface area contributed by atoms with Crippen molar-refractivity contribution in [2.45, 2.75) is 76.7 Å². The second kappa shape index (κ2) is 13.4. The molecule has 0 radical (unpaired) electrons. The number of carboxylic acid groups (broad SMARTS) is 1. The maximum Gasteiger partial charge on any atom is 0.321 e. The van der Waals surface area contributed by atoms with Crippen molar-refractivity contribution in [1.29, 1.82) is 0 Å². The van der Waals surface area contributed by atoms with Gasteiger partial charge in [-0.05, 0) is 98.5 Å². The first kappa shape index (κ1) is 28.3. The molecule has 0 spiro atoms. The minimum absolute atomic E-state index is 0.175. The molecule has 0 unspecified atom stereocenters. The molecular weight excluding hydrogens is 487 g/mol. The molecule has 5 rings (SSSR count). The molecule has 0 bridgehead atoms. The minimum atomic E-state index is -0.675. The number of piperidine rings is 1. The Morgan fingerprint density at radius 2 is 1.69 bits per heavy atom. The first-order chi connectivity index (χ1) is 19.0. The number of halogens is 1. The number of hydrogen-bond acceptors (Lipinski definition) is 3. The summed E-state index contributed by atoms with van der Waals surface area (Å²) < 4.78 is 14.3. The number of benzene rings is 2. The Balaban J connectivity index is 1.21. The van der Waals surface area contributed by atoms with Gasteiger partial charge in [0.15, 0.2) is 0 Å². The summed E-state index contributed by atoms with van der Waals surface area (Å²) in [7, 11) is 0. The van der Waals surface area contributed by atoms with Crippen LogP contribution >= 0.6 is 0 Å². The Labute approximate surface area is 234 Å². The highest BCUT2D eigenvalue weighted by molar-refractivity contribution is 5.74. The van der Waals surface area contributed by atoms with Crippen molar-refractivity contribution >= 4 is 5.97 Å². The third-order valence-electron chi connectivity index (χ3n) is 10.1. The first-order valence-corrected chi connectivity index (χ1v) is 15.5. The molecule has 4 atom stereocenters. The highest BCUT2D eigenvalue weighted by Crippen LogP contribution is 2.39. The van der Waals surface area contributed by atoms with Gasteiger partial charge in [-0.1, -0.05) is 68.7 Å². The topological polar surface area (TPSA) is 43.8 Å². The van der Waals surface area contributed by atoms with Crippen molar-refractivity contribution in [2.24, 2.45) is 23.7 Å². The van der Waals surface area contributed by atoms with Gasteiger partial charge in [0, 0.05) is 25.6 Å². The average Bonchev–Trinajstić information content (AvgIpc) is 3.36. The van der Waals surface area contributed by atoms with Crippen molar-refractivity contribution in [3.8, 4) is 0 Å². The van der Waals surface area contributed by atoms with Gasteiger partial charge in [-0.3, -0.25) is 9.69 Å². The number of carbonyl (C=O) groups is 1. The van der Waals surface area contributed by atoms with Gasteiger partial charge in [0.05, 0.1) is 0 Å². The number of aryl methyl sites for hydroxylation is 1. The van der Waals surface area contributed by atoms with E-state index in [0.717, 1.165) is 75.7 Å². The monoisotopic (exact) mass is 534 g/mol. The lowest BCUT2D eigenvalue weighted by Crippen LogP contribution is -2.46. The Morgan fingerprint density at radius 3 is 2.38 bits per heavy atom. The lowest BCUT2D eigenvalue weighted by molar-refractivity contribution is -0.145. The van der Waals surface area contributed by atoms with E-state index in [1.807, 2.05) is 12.1 Å². The summed E-state index contributed by atoms with van der Waals surface area (Å²) in [4.78, 5) is 17.4. The van der Waals surface area contributed by atoms with E-state index in [4.69, 9.17) is 0 Å². The van der Waals surface area contributed by atoms with E-state index in [1.165, 1.54) is 37.3 Å². The van der Waals surface area contributed by atoms with Crippen molar-refractivity contribution in [3.63, 3.8) is 0 Å². The molecule has 2 saturated heterocycles. The maximum absolute atomic E-state index is 14.3. The van der Waals surface area contributed by atoms with Crippen LogP contribution in [-0.4, -0.2) is 59.6 Å². The van der Waals surface area contributed by atoms with E-state index in [9.17, 15) is 14.3 Å². The number of carboxylic acids is 1. The van der Waals surface area contributed by atoms with Crippen LogP contribution in [0.2, 0.25) is 0 Å². The lowest BCUT2D eigenvalue weighted by Gasteiger charge is -2.37. The zero-order valence-corrected chi connectivity index (χ0v) is 23.7. The first-order valence-electron chi connectivity index (χ1n) is 15.5. The molecule has 1 saturated carbocycles. The van der Waals surface area contributed by atoms with E-state index in [1.54, 1.807) is 6.07 Å². The fourth-order valence-corrected chi connectivity index (χ4v) is 7.85. The Morgan fingerprint density at radius 1 is 0.949 bits per heavy atom. The molecule has 0 aromatic heterocycles. The quantitative estimate of drug-likeness (QED) is 0.362. The van der Waals surface area contributed by atoms with Crippen LogP contribution in [0, 0.1) is 29.5 Å². The van der Waals surface area contributed by atoms with Crippen LogP contribution in [0.15, 0.2) is 54.6 Å². The van der Waals surface area contributed by atoms with Crippen molar-refractivity contribution < 1.29 is 14.3 Å². The fourth-order valence-electron chi connectivity index (χ4n) is 7.85. The summed E-state index contributed by atoms with van der Waals surface area (Å²) in [5.74, 6) is 1.35. The zero-order valence-electron chi connectivity index (χ0n) is 23.7. The van der Waals surface area contributed by atoms with Crippen LogP contribution < -0.4 is 0 Å². The average molecular weight is 535 g/mol. The smallest absolute Gasteiger partial charge is 0.321 e. The van der Waals surface area contributed by atoms with Gasteiger partial charge in [0.1, 0.15) is 11.9 Å². The van der Waals surface area contributed by atoms with Crippen LogP contribution in [0.3, 0.4) is 0 Å². The van der Waals surface area contributed by atoms with Crippen LogP contribution in [0.1, 0.15) is 75.3 Å². The molecule has 212 valence electrons. The minimum Gasteiger partial charge on any atom is -0.480 e. The summed E-state index contributed by atoms with van der Waals surface area (Å²) >= 11 is 0. The molecular formula is C34H47FN2O2. The Kier molecular flexibility index (Phi) is 9.73. The standard InChI is InChI=1S/C34H47FN2O2/c1-25(15-16-26-9-4-2-5-10-26)27-17-19-36(20-18-27)22-30-23-37(24-32(30)29-13-8-14-31(35)21-29)33(34(38)39)28-11-6-3-7-12-28/h2,4-5,8-10,13-14,21,25,27-28,30,32-33H,3,6-7,11-12,15-20,22-24H2,1H3,(H,38,39)/t25-,30-,32+,33+/m0/s1. The second-order valence-electron chi connectivity index (χ2n) is 12.7. The van der Waals surface area contributed by atoms with E-state index >= 15 is 0 Å². The molecule has 3 fully saturated rings. The molecule has 2 aromatic rings. The molecule has 0 amide bonds. The summed E-state index contributed by atoms with van der Waals surface area (Å²) in [5, 5.41) is 10.3. The Bertz CT molecular complexity index is 1050. The van der Waals surface area contributed by atoms with Crippen molar-refractivity contribution in [3.05, 3.63) is 71.5 Å². The van der Waals surface area contributed by atoms with E-state index < -0.39 is 12.0 Å². The van der Waals surface area contributed by atoms with Crippen LogP contribution in [0.5, 0.6) is 0 Å². The van der Waals surface area contributed by atoms with Crippen LogP contribution in [0.4, 0.5) is 4.39 Å². The molecule has 39 heavy (non-hydrogen) atoms. The molecule has 2 aromatic carbocycles. The summed E-state index contributed by atoms with van der Waals surface area (Å²) in [6.45, 7) is 7.13. The Hall–Kier alpha value is -2.24. The molecule has 3 aliphatic rings. The van der Waals surface area contributed by atoms with E-state index in [-0.39, 0.29) is 17.7 Å². The van der Waals surface area contributed by atoms with E-state index in [0.29, 0.717) is 12.5 Å². The highest BCUT2D eigenvalue weighted by atomic mass is 19.1. The highest BCUT2D eigenvalue weighted by Gasteiger charge is 2.43. The van der Waals surface area contributed by atoms with Gasteiger partial charge in [-0.25, -0.2) is 4.39 Å². The van der Waals surface area contributed by atoms with Crippen molar-refractivity contribution in [1.82, 2.24) is 9.80 Å². The molecule has 2 heterocycles. The van der Waals surface area contributed by atoms with Crippen molar-refractivity contribution in [2.75, 3.05) is 32.7 Å². The van der Waals surface area contributed by atoms with Gasteiger partial charge >= 0.3 is 5.97 Å². The van der Waals surface area contributed by atoms with Gasteiger partial charge in [-0.15, -0.1) is 0 Å². The normalized spacial score (nSPS) is 25.5. The maximum atomic E-state index is 14.3. The second-order valence-corrected chi connectivity index (χ2v) is 12.7. The fraction of sp³-hybridized carbons (Fsp3) is 0.618. The lowest BCUT2D eigenvalue weighted by atomic mass is 9.81. The molecule has 4 nitrogen and oxygen atoms in total. The molecule has 1 aliphatic carbocycles. The molecule has 5 heteroatoms. The third-order valence-corrected chi connectivity index (χ3v) is 10.1. The zero-order chi connectivity index (χ0) is 27.2. The van der Waals surface area contributed by atoms with Crippen LogP contribution in [-0.2, 0) is 11.2 Å². The van der Waals surface area contributed by atoms with Gasteiger partial charge in [0.2, 0.25) is 0 Å². The number of nitrogens with zero attached hydrogens (tertiary/aromatic N) is 2. The predicted octanol–water partition coefficient (Wildman–Crippen LogP) is 6.86. The molecule has 1 N–H and O–H groups in total. The summed E-state index contributed by atoms with van der Waals surface area (Å²) in [5.41, 5.74) is 2.46. The van der Waals surface area contributed by atoms with Crippen LogP contribution in [0.25, 0.3) is 0 Å². The summed E-state index contributed by atoms with van der Waals surface area (Å²) in [6.07, 6.45) is 10.4. The number of aliphatic carboxylic acids is 1. The number of rotatable bonds is 10. The van der Waals surface area contributed by atoms with Gasteiger partial charge in [0.25, 0.3) is 0 Å². The predicted molar refractivity (Wildman–Crippen MR) is 155 cm³/mol.